The van der Waals surface area contributed by atoms with Gasteiger partial charge in [-0.25, -0.2) is 4.98 Å². The summed E-state index contributed by atoms with van der Waals surface area (Å²) in [6.45, 7) is 2.71. The van der Waals surface area contributed by atoms with E-state index < -0.39 is 12.1 Å². The molecule has 2 heterocycles. The lowest BCUT2D eigenvalue weighted by Crippen LogP contribution is -2.38. The Morgan fingerprint density at radius 1 is 1.10 bits per heavy atom. The third-order valence-electron chi connectivity index (χ3n) is 7.09. The van der Waals surface area contributed by atoms with E-state index in [0.29, 0.717) is 36.1 Å². The molecule has 0 saturated heterocycles. The molecule has 0 unspecified atom stereocenters. The zero-order valence-corrected chi connectivity index (χ0v) is 24.7. The SMILES string of the molecule is CCCCc1nc(Cl)c([C@H](Cc2ccc(-c3ccccc3)c(-c3nn[nH]n3)c2)OC(=O)[C@H](CCCCN)N(C)C)[nH]1. The summed E-state index contributed by atoms with van der Waals surface area (Å²) >= 11 is 6.64. The second-order valence-corrected chi connectivity index (χ2v) is 10.7. The van der Waals surface area contributed by atoms with Crippen LogP contribution >= 0.6 is 11.6 Å². The molecule has 4 aromatic rings. The molecule has 0 amide bonds. The molecule has 0 aliphatic rings. The van der Waals surface area contributed by atoms with Crippen LogP contribution < -0.4 is 5.73 Å². The van der Waals surface area contributed by atoms with Gasteiger partial charge in [0, 0.05) is 18.4 Å². The number of aromatic amines is 2. The van der Waals surface area contributed by atoms with Crippen molar-refractivity contribution in [2.45, 2.75) is 64.0 Å². The number of rotatable bonds is 15. The zero-order valence-electron chi connectivity index (χ0n) is 23.9. The number of unbranched alkanes of at least 4 members (excludes halogenated alkanes) is 2. The van der Waals surface area contributed by atoms with Crippen molar-refractivity contribution in [1.82, 2.24) is 35.5 Å². The minimum Gasteiger partial charge on any atom is -0.454 e. The lowest BCUT2D eigenvalue weighted by molar-refractivity contribution is -0.155. The van der Waals surface area contributed by atoms with Crippen LogP contribution in [-0.4, -0.2) is 68.1 Å². The van der Waals surface area contributed by atoms with Crippen molar-refractivity contribution in [3.8, 4) is 22.5 Å². The van der Waals surface area contributed by atoms with Gasteiger partial charge in [-0.3, -0.25) is 9.69 Å². The van der Waals surface area contributed by atoms with Crippen LogP contribution in [0.2, 0.25) is 5.15 Å². The number of nitrogens with one attached hydrogen (secondary N) is 2. The van der Waals surface area contributed by atoms with E-state index in [1.54, 1.807) is 0 Å². The maximum atomic E-state index is 13.5. The van der Waals surface area contributed by atoms with Crippen LogP contribution in [0.1, 0.15) is 62.2 Å². The third kappa shape index (κ3) is 8.00. The number of hydrogen-bond donors (Lipinski definition) is 3. The van der Waals surface area contributed by atoms with Gasteiger partial charge in [-0.2, -0.15) is 5.21 Å². The Morgan fingerprint density at radius 3 is 2.59 bits per heavy atom. The van der Waals surface area contributed by atoms with Crippen molar-refractivity contribution in [2.24, 2.45) is 5.73 Å². The normalized spacial score (nSPS) is 12.9. The molecule has 2 aromatic carbocycles. The number of likely N-dealkylation sites (N-methyl/N-ethyl adjacent to an activating group) is 1. The molecule has 0 aliphatic heterocycles. The average molecular weight is 579 g/mol. The summed E-state index contributed by atoms with van der Waals surface area (Å²) in [5.74, 6) is 0.956. The lowest BCUT2D eigenvalue weighted by atomic mass is 9.95. The van der Waals surface area contributed by atoms with E-state index in [4.69, 9.17) is 22.1 Å². The van der Waals surface area contributed by atoms with Crippen LogP contribution in [0.3, 0.4) is 0 Å². The quantitative estimate of drug-likeness (QED) is 0.130. The van der Waals surface area contributed by atoms with E-state index >= 15 is 0 Å². The zero-order chi connectivity index (χ0) is 29.2. The van der Waals surface area contributed by atoms with Crippen molar-refractivity contribution < 1.29 is 9.53 Å². The van der Waals surface area contributed by atoms with Gasteiger partial charge < -0.3 is 15.5 Å². The first-order valence-corrected chi connectivity index (χ1v) is 14.5. The molecule has 10 nitrogen and oxygen atoms in total. The van der Waals surface area contributed by atoms with E-state index in [2.05, 4.69) is 37.5 Å². The number of H-pyrrole nitrogens is 2. The summed E-state index contributed by atoms with van der Waals surface area (Å²) in [5, 5.41) is 15.1. The second-order valence-electron chi connectivity index (χ2n) is 10.4. The minimum absolute atomic E-state index is 0.308. The first kappa shape index (κ1) is 30.4. The van der Waals surface area contributed by atoms with Crippen molar-refractivity contribution in [1.29, 1.82) is 0 Å². The number of hydrogen-bond acceptors (Lipinski definition) is 8. The summed E-state index contributed by atoms with van der Waals surface area (Å²) in [6, 6.07) is 15.7. The first-order chi connectivity index (χ1) is 19.9. The molecule has 2 aromatic heterocycles. The molecular formula is C30H39ClN8O2. The summed E-state index contributed by atoms with van der Waals surface area (Å²) in [6.07, 6.45) is 4.82. The second kappa shape index (κ2) is 14.9. The maximum absolute atomic E-state index is 13.5. The molecular weight excluding hydrogens is 540 g/mol. The standard InChI is InChI=1S/C30H39ClN8O2/c1-4-5-14-26-33-27(28(31)34-26)25(41-30(40)24(39(2)3)13-9-10-17-32)19-20-15-16-22(21-11-7-6-8-12-21)23(18-20)29-35-37-38-36-29/h6-8,11-12,15-16,18,24-25H,4-5,9-10,13-14,17,19,32H2,1-3H3,(H,33,34)(H,35,36,37,38)/t24-,25-/m0/s1. The fourth-order valence-corrected chi connectivity index (χ4v) is 5.11. The first-order valence-electron chi connectivity index (χ1n) is 14.1. The Morgan fingerprint density at radius 2 is 1.90 bits per heavy atom. The molecule has 2 atom stereocenters. The fraction of sp³-hybridized carbons (Fsp3) is 0.433. The van der Waals surface area contributed by atoms with Crippen LogP contribution in [0.15, 0.2) is 48.5 Å². The van der Waals surface area contributed by atoms with Crippen LogP contribution in [0.5, 0.6) is 0 Å². The van der Waals surface area contributed by atoms with E-state index in [0.717, 1.165) is 60.2 Å². The number of benzene rings is 2. The van der Waals surface area contributed by atoms with Gasteiger partial charge in [-0.1, -0.05) is 73.8 Å². The molecule has 4 N–H and O–H groups in total. The molecule has 218 valence electrons. The average Bonchev–Trinajstić information content (AvgIpc) is 3.64. The molecule has 0 spiro atoms. The number of esters is 1. The van der Waals surface area contributed by atoms with Crippen molar-refractivity contribution in [3.63, 3.8) is 0 Å². The molecule has 0 bridgehead atoms. The number of tetrazole rings is 1. The predicted molar refractivity (Wildman–Crippen MR) is 160 cm³/mol. The molecule has 0 fully saturated rings. The highest BCUT2D eigenvalue weighted by Crippen LogP contribution is 2.34. The van der Waals surface area contributed by atoms with E-state index in [9.17, 15) is 4.79 Å². The Hall–Kier alpha value is -3.60. The number of aromatic nitrogens is 6. The number of carbonyl (C=O) groups excluding carboxylic acids is 1. The van der Waals surface area contributed by atoms with Gasteiger partial charge in [-0.15, -0.1) is 10.2 Å². The van der Waals surface area contributed by atoms with E-state index in [1.807, 2.05) is 67.5 Å². The van der Waals surface area contributed by atoms with Gasteiger partial charge in [0.1, 0.15) is 18.0 Å². The predicted octanol–water partition coefficient (Wildman–Crippen LogP) is 5.14. The van der Waals surface area contributed by atoms with Gasteiger partial charge in [-0.05, 0) is 67.9 Å². The summed E-state index contributed by atoms with van der Waals surface area (Å²) in [4.78, 5) is 23.3. The Bertz CT molecular complexity index is 1370. The summed E-state index contributed by atoms with van der Waals surface area (Å²) in [5.41, 5.74) is 10.0. The lowest BCUT2D eigenvalue weighted by Gasteiger charge is -2.26. The molecule has 41 heavy (non-hydrogen) atoms. The summed E-state index contributed by atoms with van der Waals surface area (Å²) < 4.78 is 6.22. The number of halogens is 1. The number of ether oxygens (including phenoxy) is 1. The number of carbonyl (C=O) groups is 1. The van der Waals surface area contributed by atoms with Crippen molar-refractivity contribution >= 4 is 17.6 Å². The largest absolute Gasteiger partial charge is 0.454 e. The smallest absolute Gasteiger partial charge is 0.324 e. The van der Waals surface area contributed by atoms with Gasteiger partial charge in [0.05, 0.1) is 5.69 Å². The van der Waals surface area contributed by atoms with Crippen LogP contribution in [0.4, 0.5) is 0 Å². The van der Waals surface area contributed by atoms with E-state index in [1.165, 1.54) is 0 Å². The summed E-state index contributed by atoms with van der Waals surface area (Å²) in [7, 11) is 3.77. The molecule has 11 heteroatoms. The highest BCUT2D eigenvalue weighted by Gasteiger charge is 2.29. The van der Waals surface area contributed by atoms with Gasteiger partial charge in [0.2, 0.25) is 5.82 Å². The number of aryl methyl sites for hydroxylation is 1. The topological polar surface area (TPSA) is 139 Å². The number of nitrogens with zero attached hydrogens (tertiary/aromatic N) is 5. The van der Waals surface area contributed by atoms with E-state index in [-0.39, 0.29) is 5.97 Å². The molecule has 0 saturated carbocycles. The molecule has 0 radical (unpaired) electrons. The highest BCUT2D eigenvalue weighted by atomic mass is 35.5. The highest BCUT2D eigenvalue weighted by molar-refractivity contribution is 6.30. The van der Waals surface area contributed by atoms with Crippen molar-refractivity contribution in [3.05, 3.63) is 70.8 Å². The minimum atomic E-state index is -0.671. The molecule has 0 aliphatic carbocycles. The Balaban J connectivity index is 1.68. The monoisotopic (exact) mass is 578 g/mol. The third-order valence-corrected chi connectivity index (χ3v) is 7.37. The van der Waals surface area contributed by atoms with Gasteiger partial charge >= 0.3 is 5.97 Å². The van der Waals surface area contributed by atoms with Gasteiger partial charge in [0.15, 0.2) is 5.15 Å². The van der Waals surface area contributed by atoms with Crippen LogP contribution in [0, 0.1) is 0 Å². The van der Waals surface area contributed by atoms with Crippen LogP contribution in [-0.2, 0) is 22.4 Å². The van der Waals surface area contributed by atoms with Crippen molar-refractivity contribution in [2.75, 3.05) is 20.6 Å². The van der Waals surface area contributed by atoms with Crippen LogP contribution in [0.25, 0.3) is 22.5 Å². The fourth-order valence-electron chi connectivity index (χ4n) is 4.84. The Kier molecular flexibility index (Phi) is 11.0. The molecule has 4 rings (SSSR count). The number of imidazole rings is 1. The maximum Gasteiger partial charge on any atom is 0.324 e. The Labute approximate surface area is 246 Å². The van der Waals surface area contributed by atoms with Gasteiger partial charge in [0.25, 0.3) is 0 Å². The number of nitrogens with two attached hydrogens (primary N) is 1.